The fourth-order valence-corrected chi connectivity index (χ4v) is 2.12. The normalized spacial score (nSPS) is 11.5. The summed E-state index contributed by atoms with van der Waals surface area (Å²) in [6.07, 6.45) is 1.27. The zero-order valence-corrected chi connectivity index (χ0v) is 14.2. The average molecular weight is 341 g/mol. The van der Waals surface area contributed by atoms with Crippen LogP contribution in [0, 0.1) is 10.1 Å². The van der Waals surface area contributed by atoms with E-state index >= 15 is 0 Å². The maximum Gasteiger partial charge on any atom is 0.311 e. The first kappa shape index (κ1) is 18.1. The number of carbonyl (C=O) groups excluding carboxylic acids is 1. The van der Waals surface area contributed by atoms with E-state index in [-0.39, 0.29) is 11.3 Å². The summed E-state index contributed by atoms with van der Waals surface area (Å²) in [5.41, 5.74) is 3.90. The van der Waals surface area contributed by atoms with Crippen molar-refractivity contribution >= 4 is 17.8 Å². The first-order valence-electron chi connectivity index (χ1n) is 7.60. The molecule has 0 spiro atoms. The topological polar surface area (TPSA) is 105 Å². The highest BCUT2D eigenvalue weighted by molar-refractivity contribution is 5.95. The number of phenols is 1. The predicted molar refractivity (Wildman–Crippen MR) is 95.0 cm³/mol. The van der Waals surface area contributed by atoms with E-state index in [0.29, 0.717) is 11.1 Å². The molecule has 0 aliphatic carbocycles. The smallest absolute Gasteiger partial charge is 0.311 e. The average Bonchev–Trinajstić information content (AvgIpc) is 2.55. The van der Waals surface area contributed by atoms with Crippen molar-refractivity contribution in [3.8, 4) is 5.75 Å². The molecular formula is C18H19N3O4. The molecular weight excluding hydrogens is 322 g/mol. The number of nitro groups is 1. The van der Waals surface area contributed by atoms with Crippen LogP contribution < -0.4 is 5.43 Å². The van der Waals surface area contributed by atoms with Crippen molar-refractivity contribution < 1.29 is 14.8 Å². The highest BCUT2D eigenvalue weighted by Gasteiger charge is 2.14. The molecule has 0 unspecified atom stereocenters. The minimum absolute atomic E-state index is 0.000739. The van der Waals surface area contributed by atoms with Crippen LogP contribution in [-0.4, -0.2) is 22.2 Å². The van der Waals surface area contributed by atoms with E-state index in [1.165, 1.54) is 24.4 Å². The van der Waals surface area contributed by atoms with E-state index in [2.05, 4.69) is 31.3 Å². The van der Waals surface area contributed by atoms with Crippen molar-refractivity contribution in [1.82, 2.24) is 5.43 Å². The van der Waals surface area contributed by atoms with Gasteiger partial charge in [-0.1, -0.05) is 32.9 Å². The van der Waals surface area contributed by atoms with E-state index in [1.54, 1.807) is 12.1 Å². The van der Waals surface area contributed by atoms with Crippen LogP contribution in [0.1, 0.15) is 42.3 Å². The highest BCUT2D eigenvalue weighted by atomic mass is 16.6. The van der Waals surface area contributed by atoms with Crippen molar-refractivity contribution in [2.24, 2.45) is 5.10 Å². The van der Waals surface area contributed by atoms with Crippen LogP contribution in [0.3, 0.4) is 0 Å². The Hall–Kier alpha value is -3.22. The number of nitrogens with one attached hydrogen (secondary N) is 1. The number of nitro benzene ring substituents is 1. The van der Waals surface area contributed by atoms with E-state index in [9.17, 15) is 20.0 Å². The highest BCUT2D eigenvalue weighted by Crippen LogP contribution is 2.25. The summed E-state index contributed by atoms with van der Waals surface area (Å²) in [6.45, 7) is 6.26. The lowest BCUT2D eigenvalue weighted by Gasteiger charge is -2.18. The summed E-state index contributed by atoms with van der Waals surface area (Å²) in [6, 6.07) is 11.0. The fourth-order valence-electron chi connectivity index (χ4n) is 2.12. The molecule has 2 aromatic carbocycles. The monoisotopic (exact) mass is 341 g/mol. The van der Waals surface area contributed by atoms with Gasteiger partial charge in [0.1, 0.15) is 0 Å². The van der Waals surface area contributed by atoms with E-state index in [0.717, 1.165) is 5.56 Å². The van der Waals surface area contributed by atoms with Gasteiger partial charge in [-0.25, -0.2) is 5.43 Å². The van der Waals surface area contributed by atoms with Crippen molar-refractivity contribution in [1.29, 1.82) is 0 Å². The summed E-state index contributed by atoms with van der Waals surface area (Å²) < 4.78 is 0. The Labute approximate surface area is 145 Å². The second kappa shape index (κ2) is 7.12. The Bertz CT molecular complexity index is 821. The Morgan fingerprint density at radius 1 is 1.20 bits per heavy atom. The standard InChI is InChI=1S/C18H19N3O4/c1-18(2,3)14-7-5-13(6-8-14)17(23)20-19-11-12-4-9-16(22)15(10-12)21(24)25/h4-11,22H,1-3H3,(H,20,23)/b19-11+. The third kappa shape index (κ3) is 4.63. The van der Waals surface area contributed by atoms with Gasteiger partial charge >= 0.3 is 5.69 Å². The van der Waals surface area contributed by atoms with Crippen molar-refractivity contribution in [2.45, 2.75) is 26.2 Å². The minimum atomic E-state index is -0.692. The van der Waals surface area contributed by atoms with Crippen LogP contribution in [0.25, 0.3) is 0 Å². The van der Waals surface area contributed by atoms with Crippen LogP contribution in [0.2, 0.25) is 0 Å². The lowest BCUT2D eigenvalue weighted by Crippen LogP contribution is -2.18. The molecule has 0 bridgehead atoms. The molecule has 0 radical (unpaired) electrons. The minimum Gasteiger partial charge on any atom is -0.502 e. The van der Waals surface area contributed by atoms with E-state index in [1.807, 2.05) is 12.1 Å². The van der Waals surface area contributed by atoms with Crippen LogP contribution in [0.4, 0.5) is 5.69 Å². The summed E-state index contributed by atoms with van der Waals surface area (Å²) >= 11 is 0. The van der Waals surface area contributed by atoms with Gasteiger partial charge in [0, 0.05) is 17.2 Å². The molecule has 0 atom stereocenters. The second-order valence-corrected chi connectivity index (χ2v) is 6.53. The zero-order valence-electron chi connectivity index (χ0n) is 14.2. The van der Waals surface area contributed by atoms with Gasteiger partial charge < -0.3 is 5.11 Å². The SMILES string of the molecule is CC(C)(C)c1ccc(C(=O)N/N=C/c2ccc(O)c([N+](=O)[O-])c2)cc1. The lowest BCUT2D eigenvalue weighted by atomic mass is 9.87. The number of amides is 1. The largest absolute Gasteiger partial charge is 0.502 e. The van der Waals surface area contributed by atoms with E-state index < -0.39 is 16.4 Å². The number of nitrogens with zero attached hydrogens (tertiary/aromatic N) is 2. The molecule has 25 heavy (non-hydrogen) atoms. The summed E-state index contributed by atoms with van der Waals surface area (Å²) in [7, 11) is 0. The summed E-state index contributed by atoms with van der Waals surface area (Å²) in [5, 5.41) is 24.0. The predicted octanol–water partition coefficient (Wildman–Crippen LogP) is 3.36. The number of carbonyl (C=O) groups is 1. The number of rotatable bonds is 4. The second-order valence-electron chi connectivity index (χ2n) is 6.53. The molecule has 0 heterocycles. The van der Waals surface area contributed by atoms with Crippen molar-refractivity contribution in [3.05, 3.63) is 69.3 Å². The van der Waals surface area contributed by atoms with Gasteiger partial charge in [-0.15, -0.1) is 0 Å². The van der Waals surface area contributed by atoms with Gasteiger partial charge in [-0.3, -0.25) is 14.9 Å². The molecule has 0 saturated heterocycles. The van der Waals surface area contributed by atoms with Crippen molar-refractivity contribution in [3.63, 3.8) is 0 Å². The van der Waals surface area contributed by atoms with Crippen LogP contribution in [0.15, 0.2) is 47.6 Å². The van der Waals surface area contributed by atoms with Crippen LogP contribution >= 0.6 is 0 Å². The third-order valence-electron chi connectivity index (χ3n) is 3.59. The molecule has 7 heteroatoms. The maximum atomic E-state index is 12.1. The van der Waals surface area contributed by atoms with Gasteiger partial charge in [0.05, 0.1) is 11.1 Å². The lowest BCUT2D eigenvalue weighted by molar-refractivity contribution is -0.385. The van der Waals surface area contributed by atoms with Crippen molar-refractivity contribution in [2.75, 3.05) is 0 Å². The Kier molecular flexibility index (Phi) is 5.17. The maximum absolute atomic E-state index is 12.1. The Morgan fingerprint density at radius 2 is 1.84 bits per heavy atom. The van der Waals surface area contributed by atoms with Gasteiger partial charge in [0.15, 0.2) is 5.75 Å². The van der Waals surface area contributed by atoms with Crippen LogP contribution in [-0.2, 0) is 5.41 Å². The van der Waals surface area contributed by atoms with Gasteiger partial charge in [0.2, 0.25) is 0 Å². The first-order valence-corrected chi connectivity index (χ1v) is 7.60. The number of phenolic OH excluding ortho intramolecular Hbond substituents is 1. The molecule has 0 saturated carbocycles. The molecule has 2 aromatic rings. The van der Waals surface area contributed by atoms with Gasteiger partial charge in [-0.2, -0.15) is 5.10 Å². The molecule has 0 aliphatic heterocycles. The Balaban J connectivity index is 2.06. The zero-order chi connectivity index (χ0) is 18.6. The molecule has 2 rings (SSSR count). The summed E-state index contributed by atoms with van der Waals surface area (Å²) in [4.78, 5) is 22.1. The molecule has 0 aromatic heterocycles. The molecule has 0 fully saturated rings. The third-order valence-corrected chi connectivity index (χ3v) is 3.59. The number of benzene rings is 2. The fraction of sp³-hybridized carbons (Fsp3) is 0.222. The first-order chi connectivity index (χ1) is 11.7. The molecule has 0 aliphatic rings. The van der Waals surface area contributed by atoms with Gasteiger partial charge in [-0.05, 0) is 35.2 Å². The molecule has 1 amide bonds. The number of hydrazone groups is 1. The number of hydrogen-bond donors (Lipinski definition) is 2. The quantitative estimate of drug-likeness (QED) is 0.505. The van der Waals surface area contributed by atoms with E-state index in [4.69, 9.17) is 0 Å². The molecule has 2 N–H and O–H groups in total. The van der Waals surface area contributed by atoms with Crippen LogP contribution in [0.5, 0.6) is 5.75 Å². The number of aromatic hydroxyl groups is 1. The molecule has 7 nitrogen and oxygen atoms in total. The molecule has 130 valence electrons. The summed E-state index contributed by atoms with van der Waals surface area (Å²) in [5.74, 6) is -0.810. The Morgan fingerprint density at radius 3 is 2.40 bits per heavy atom. The number of hydrogen-bond acceptors (Lipinski definition) is 5. The van der Waals surface area contributed by atoms with Gasteiger partial charge in [0.25, 0.3) is 5.91 Å².